The number of rotatable bonds is 0. The smallest absolute Gasteiger partial charge is 0.134 e. The van der Waals surface area contributed by atoms with E-state index in [1.807, 2.05) is 11.4 Å². The van der Waals surface area contributed by atoms with Gasteiger partial charge in [-0.05, 0) is 28.1 Å². The van der Waals surface area contributed by atoms with Gasteiger partial charge in [0.05, 0.1) is 11.6 Å². The van der Waals surface area contributed by atoms with Gasteiger partial charge in [-0.15, -0.1) is 11.3 Å². The van der Waals surface area contributed by atoms with Crippen molar-refractivity contribution in [2.45, 2.75) is 0 Å². The average Bonchev–Trinajstić information content (AvgIpc) is 2.48. The van der Waals surface area contributed by atoms with Crippen molar-refractivity contribution in [2.24, 2.45) is 0 Å². The summed E-state index contributed by atoms with van der Waals surface area (Å²) in [7, 11) is 0. The van der Waals surface area contributed by atoms with Crippen molar-refractivity contribution < 1.29 is 4.39 Å². The molecular weight excluding hydrogens is 253 g/mol. The van der Waals surface area contributed by atoms with Crippen LogP contribution >= 0.6 is 27.3 Å². The molecule has 0 saturated heterocycles. The number of halogens is 2. The lowest BCUT2D eigenvalue weighted by Crippen LogP contribution is -1.79. The molecule has 0 aliphatic carbocycles. The molecule has 64 valence electrons. The Hall–Kier alpha value is -0.920. The molecular formula is C9H3BrFNS. The summed E-state index contributed by atoms with van der Waals surface area (Å²) >= 11 is 4.67. The molecule has 0 bridgehead atoms. The van der Waals surface area contributed by atoms with Gasteiger partial charge in [-0.3, -0.25) is 0 Å². The Labute approximate surface area is 86.5 Å². The lowest BCUT2D eigenvalue weighted by Gasteiger charge is -1.94. The van der Waals surface area contributed by atoms with Crippen molar-refractivity contribution >= 4 is 37.4 Å². The molecule has 0 aliphatic heterocycles. The Morgan fingerprint density at radius 3 is 2.92 bits per heavy atom. The van der Waals surface area contributed by atoms with Gasteiger partial charge in [0, 0.05) is 19.9 Å². The normalized spacial score (nSPS) is 10.2. The summed E-state index contributed by atoms with van der Waals surface area (Å²) in [5.74, 6) is -0.345. The van der Waals surface area contributed by atoms with Crippen molar-refractivity contribution in [1.82, 2.24) is 0 Å². The van der Waals surface area contributed by atoms with Gasteiger partial charge in [0.25, 0.3) is 0 Å². The second-order valence-electron chi connectivity index (χ2n) is 2.53. The van der Waals surface area contributed by atoms with E-state index in [2.05, 4.69) is 15.9 Å². The maximum Gasteiger partial charge on any atom is 0.134 e. The molecule has 0 fully saturated rings. The van der Waals surface area contributed by atoms with Crippen LogP contribution in [0.1, 0.15) is 5.56 Å². The number of hydrogen-bond acceptors (Lipinski definition) is 2. The van der Waals surface area contributed by atoms with E-state index in [1.165, 1.54) is 17.4 Å². The molecule has 13 heavy (non-hydrogen) atoms. The highest BCUT2D eigenvalue weighted by Crippen LogP contribution is 2.32. The molecule has 4 heteroatoms. The molecule has 1 aromatic carbocycles. The second-order valence-corrected chi connectivity index (χ2v) is 4.29. The minimum atomic E-state index is -0.345. The first-order chi connectivity index (χ1) is 6.22. The van der Waals surface area contributed by atoms with Crippen LogP contribution < -0.4 is 0 Å². The van der Waals surface area contributed by atoms with E-state index in [9.17, 15) is 4.39 Å². The first kappa shape index (κ1) is 8.67. The quantitative estimate of drug-likeness (QED) is 0.705. The first-order valence-electron chi connectivity index (χ1n) is 3.48. The van der Waals surface area contributed by atoms with Crippen molar-refractivity contribution in [3.05, 3.63) is 33.4 Å². The third-order valence-corrected chi connectivity index (χ3v) is 3.57. The summed E-state index contributed by atoms with van der Waals surface area (Å²) in [4.78, 5) is 0. The standard InChI is InChI=1S/C9H3BrFNS/c10-6-4-13-8-2-5(3-12)1-7(11)9(6)8/h1-2,4H. The van der Waals surface area contributed by atoms with Crippen molar-refractivity contribution in [3.8, 4) is 6.07 Å². The van der Waals surface area contributed by atoms with E-state index in [4.69, 9.17) is 5.26 Å². The lowest BCUT2D eigenvalue weighted by atomic mass is 10.2. The SMILES string of the molecule is N#Cc1cc(F)c2c(Br)csc2c1. The zero-order chi connectivity index (χ0) is 9.42. The van der Waals surface area contributed by atoms with Crippen molar-refractivity contribution in [3.63, 3.8) is 0 Å². The summed E-state index contributed by atoms with van der Waals surface area (Å²) in [6.07, 6.45) is 0. The van der Waals surface area contributed by atoms with E-state index in [0.29, 0.717) is 10.9 Å². The highest BCUT2D eigenvalue weighted by molar-refractivity contribution is 9.10. The van der Waals surface area contributed by atoms with E-state index in [1.54, 1.807) is 6.07 Å². The first-order valence-corrected chi connectivity index (χ1v) is 5.16. The highest BCUT2D eigenvalue weighted by Gasteiger charge is 2.08. The lowest BCUT2D eigenvalue weighted by molar-refractivity contribution is 0.639. The highest BCUT2D eigenvalue weighted by atomic mass is 79.9. The van der Waals surface area contributed by atoms with E-state index in [-0.39, 0.29) is 5.82 Å². The van der Waals surface area contributed by atoms with Gasteiger partial charge >= 0.3 is 0 Å². The average molecular weight is 256 g/mol. The number of thiophene rings is 1. The topological polar surface area (TPSA) is 23.8 Å². The minimum Gasteiger partial charge on any atom is -0.206 e. The monoisotopic (exact) mass is 255 g/mol. The summed E-state index contributed by atoms with van der Waals surface area (Å²) in [6, 6.07) is 4.86. The molecule has 1 aromatic heterocycles. The fraction of sp³-hybridized carbons (Fsp3) is 0. The molecule has 0 unspecified atom stereocenters. The Morgan fingerprint density at radius 2 is 2.23 bits per heavy atom. The van der Waals surface area contributed by atoms with Crippen LogP contribution in [-0.4, -0.2) is 0 Å². The van der Waals surface area contributed by atoms with E-state index in [0.717, 1.165) is 9.17 Å². The maximum absolute atomic E-state index is 13.4. The Morgan fingerprint density at radius 1 is 1.46 bits per heavy atom. The molecule has 2 aromatic rings. The minimum absolute atomic E-state index is 0.345. The predicted molar refractivity (Wildman–Crippen MR) is 54.2 cm³/mol. The van der Waals surface area contributed by atoms with Gasteiger partial charge < -0.3 is 0 Å². The third-order valence-electron chi connectivity index (χ3n) is 1.71. The summed E-state index contributed by atoms with van der Waals surface area (Å²) < 4.78 is 14.9. The van der Waals surface area contributed by atoms with Gasteiger partial charge in [0.2, 0.25) is 0 Å². The van der Waals surface area contributed by atoms with Gasteiger partial charge in [0.15, 0.2) is 0 Å². The zero-order valence-corrected chi connectivity index (χ0v) is 8.75. The van der Waals surface area contributed by atoms with Crippen LogP contribution in [0.5, 0.6) is 0 Å². The van der Waals surface area contributed by atoms with Crippen LogP contribution in [0.25, 0.3) is 10.1 Å². The third kappa shape index (κ3) is 1.34. The molecule has 0 amide bonds. The van der Waals surface area contributed by atoms with Gasteiger partial charge in [-0.2, -0.15) is 5.26 Å². The van der Waals surface area contributed by atoms with Crippen LogP contribution in [0.3, 0.4) is 0 Å². The van der Waals surface area contributed by atoms with Gasteiger partial charge in [-0.25, -0.2) is 4.39 Å². The molecule has 2 rings (SSSR count). The summed E-state index contributed by atoms with van der Waals surface area (Å²) in [5, 5.41) is 11.0. The summed E-state index contributed by atoms with van der Waals surface area (Å²) in [5.41, 5.74) is 0.361. The van der Waals surface area contributed by atoms with Gasteiger partial charge in [0.1, 0.15) is 5.82 Å². The number of nitriles is 1. The molecule has 0 atom stereocenters. The molecule has 1 nitrogen and oxygen atoms in total. The number of hydrogen-bond donors (Lipinski definition) is 0. The maximum atomic E-state index is 13.4. The molecule has 0 radical (unpaired) electrons. The van der Waals surface area contributed by atoms with E-state index < -0.39 is 0 Å². The van der Waals surface area contributed by atoms with Crippen LogP contribution in [0.15, 0.2) is 22.0 Å². The van der Waals surface area contributed by atoms with Gasteiger partial charge in [-0.1, -0.05) is 0 Å². The fourth-order valence-corrected chi connectivity index (χ4v) is 2.83. The van der Waals surface area contributed by atoms with Crippen molar-refractivity contribution in [2.75, 3.05) is 0 Å². The molecule has 0 aliphatic rings. The summed E-state index contributed by atoms with van der Waals surface area (Å²) in [6.45, 7) is 0. The molecule has 1 heterocycles. The zero-order valence-electron chi connectivity index (χ0n) is 6.34. The number of fused-ring (bicyclic) bond motifs is 1. The van der Waals surface area contributed by atoms with Crippen molar-refractivity contribution in [1.29, 1.82) is 5.26 Å². The number of nitrogens with zero attached hydrogens (tertiary/aromatic N) is 1. The van der Waals surface area contributed by atoms with Crippen LogP contribution in [0.4, 0.5) is 4.39 Å². The molecule has 0 spiro atoms. The fourth-order valence-electron chi connectivity index (χ4n) is 1.14. The predicted octanol–water partition coefficient (Wildman–Crippen LogP) is 3.67. The van der Waals surface area contributed by atoms with Crippen LogP contribution in [0, 0.1) is 17.1 Å². The number of benzene rings is 1. The van der Waals surface area contributed by atoms with E-state index >= 15 is 0 Å². The molecule has 0 saturated carbocycles. The molecule has 0 N–H and O–H groups in total. The van der Waals surface area contributed by atoms with Crippen LogP contribution in [0.2, 0.25) is 0 Å². The second kappa shape index (κ2) is 3.09. The Balaban J connectivity index is 2.89. The Bertz CT molecular complexity index is 512. The van der Waals surface area contributed by atoms with Crippen LogP contribution in [-0.2, 0) is 0 Å². The largest absolute Gasteiger partial charge is 0.206 e. The Kier molecular flexibility index (Phi) is 2.06.